The molecule has 6 heteroatoms. The van der Waals surface area contributed by atoms with Crippen molar-refractivity contribution in [3.8, 4) is 0 Å². The summed E-state index contributed by atoms with van der Waals surface area (Å²) in [4.78, 5) is 18.9. The van der Waals surface area contributed by atoms with Gasteiger partial charge in [-0.1, -0.05) is 0 Å². The molecule has 1 aliphatic heterocycles. The minimum absolute atomic E-state index is 0.0541. The first kappa shape index (κ1) is 14.0. The van der Waals surface area contributed by atoms with Crippen molar-refractivity contribution in [3.63, 3.8) is 0 Å². The molecule has 1 amide bonds. The fraction of sp³-hybridized carbons (Fsp3) is 0.714. The van der Waals surface area contributed by atoms with Gasteiger partial charge in [0.25, 0.3) is 5.91 Å². The zero-order chi connectivity index (χ0) is 13.9. The predicted molar refractivity (Wildman–Crippen MR) is 79.7 cm³/mol. The first-order valence-electron chi connectivity index (χ1n) is 7.42. The Kier molecular flexibility index (Phi) is 4.33. The van der Waals surface area contributed by atoms with Gasteiger partial charge in [-0.2, -0.15) is 0 Å². The number of carbonyl (C=O) groups excluding carboxylic acids is 1. The van der Waals surface area contributed by atoms with Crippen molar-refractivity contribution in [3.05, 3.63) is 16.1 Å². The van der Waals surface area contributed by atoms with Crippen LogP contribution >= 0.6 is 11.3 Å². The first-order chi connectivity index (χ1) is 9.74. The van der Waals surface area contributed by atoms with Crippen molar-refractivity contribution >= 4 is 17.2 Å². The van der Waals surface area contributed by atoms with Gasteiger partial charge in [0.1, 0.15) is 10.7 Å². The standard InChI is InChI=1S/C14H22N4OS/c15-7-13-17-12(9-20-13)14(19)16-11-3-5-18(6-4-11)8-10-1-2-10/h9-11H,1-8,15H2,(H,16,19). The van der Waals surface area contributed by atoms with Gasteiger partial charge in [0.2, 0.25) is 0 Å². The Morgan fingerprint density at radius 3 is 2.75 bits per heavy atom. The number of nitrogens with zero attached hydrogens (tertiary/aromatic N) is 2. The van der Waals surface area contributed by atoms with Gasteiger partial charge in [0.05, 0.1) is 0 Å². The zero-order valence-corrected chi connectivity index (χ0v) is 12.5. The summed E-state index contributed by atoms with van der Waals surface area (Å²) in [6, 6.07) is 0.293. The van der Waals surface area contributed by atoms with Gasteiger partial charge >= 0.3 is 0 Å². The normalized spacial score (nSPS) is 21.1. The molecule has 0 aromatic carbocycles. The van der Waals surface area contributed by atoms with Crippen LogP contribution in [-0.2, 0) is 6.54 Å². The number of aromatic nitrogens is 1. The summed E-state index contributed by atoms with van der Waals surface area (Å²) in [6.07, 6.45) is 4.91. The topological polar surface area (TPSA) is 71.2 Å². The molecule has 0 unspecified atom stereocenters. The average molecular weight is 294 g/mol. The summed E-state index contributed by atoms with van der Waals surface area (Å²) in [6.45, 7) is 3.86. The molecule has 3 rings (SSSR count). The Morgan fingerprint density at radius 1 is 1.40 bits per heavy atom. The second-order valence-corrected chi connectivity index (χ2v) is 6.76. The summed E-state index contributed by atoms with van der Waals surface area (Å²) >= 11 is 1.45. The van der Waals surface area contributed by atoms with Crippen LogP contribution in [0, 0.1) is 5.92 Å². The Hall–Kier alpha value is -0.980. The van der Waals surface area contributed by atoms with Crippen LogP contribution in [-0.4, -0.2) is 41.5 Å². The molecule has 1 aliphatic carbocycles. The van der Waals surface area contributed by atoms with Gasteiger partial charge in [-0.05, 0) is 31.6 Å². The number of piperidine rings is 1. The molecule has 1 saturated carbocycles. The third-order valence-electron chi connectivity index (χ3n) is 4.10. The third kappa shape index (κ3) is 3.56. The van der Waals surface area contributed by atoms with E-state index in [1.807, 2.05) is 0 Å². The molecule has 2 fully saturated rings. The lowest BCUT2D eigenvalue weighted by Crippen LogP contribution is -2.45. The van der Waals surface area contributed by atoms with Gasteiger partial charge in [0.15, 0.2) is 0 Å². The number of thiazole rings is 1. The highest BCUT2D eigenvalue weighted by Gasteiger charge is 2.27. The molecule has 1 aromatic heterocycles. The number of hydrogen-bond donors (Lipinski definition) is 2. The maximum Gasteiger partial charge on any atom is 0.270 e. The van der Waals surface area contributed by atoms with Crippen molar-refractivity contribution in [1.82, 2.24) is 15.2 Å². The van der Waals surface area contributed by atoms with E-state index < -0.39 is 0 Å². The summed E-state index contributed by atoms with van der Waals surface area (Å²) in [7, 11) is 0. The summed E-state index contributed by atoms with van der Waals surface area (Å²) < 4.78 is 0. The summed E-state index contributed by atoms with van der Waals surface area (Å²) in [5, 5.41) is 5.71. The Labute approximate surface area is 123 Å². The number of nitrogens with one attached hydrogen (secondary N) is 1. The zero-order valence-electron chi connectivity index (χ0n) is 11.7. The van der Waals surface area contributed by atoms with E-state index in [1.54, 1.807) is 5.38 Å². The van der Waals surface area contributed by atoms with Crippen LogP contribution < -0.4 is 11.1 Å². The van der Waals surface area contributed by atoms with Crippen molar-refractivity contribution in [2.45, 2.75) is 38.3 Å². The van der Waals surface area contributed by atoms with E-state index in [0.717, 1.165) is 36.9 Å². The molecule has 0 radical (unpaired) electrons. The summed E-state index contributed by atoms with van der Waals surface area (Å²) in [5.41, 5.74) is 6.03. The number of likely N-dealkylation sites (tertiary alicyclic amines) is 1. The van der Waals surface area contributed by atoms with Crippen molar-refractivity contribution in [2.24, 2.45) is 11.7 Å². The van der Waals surface area contributed by atoms with E-state index in [4.69, 9.17) is 5.73 Å². The predicted octanol–water partition coefficient (Wildman–Crippen LogP) is 1.21. The number of carbonyl (C=O) groups is 1. The quantitative estimate of drug-likeness (QED) is 0.856. The third-order valence-corrected chi connectivity index (χ3v) is 4.97. The smallest absolute Gasteiger partial charge is 0.270 e. The van der Waals surface area contributed by atoms with Gasteiger partial charge in [-0.15, -0.1) is 11.3 Å². The molecule has 3 N–H and O–H groups in total. The molecular weight excluding hydrogens is 272 g/mol. The highest BCUT2D eigenvalue weighted by molar-refractivity contribution is 7.09. The maximum absolute atomic E-state index is 12.1. The second-order valence-electron chi connectivity index (χ2n) is 5.82. The van der Waals surface area contributed by atoms with E-state index in [9.17, 15) is 4.79 Å². The number of rotatable bonds is 5. The van der Waals surface area contributed by atoms with Crippen LogP contribution in [0.4, 0.5) is 0 Å². The first-order valence-corrected chi connectivity index (χ1v) is 8.30. The minimum atomic E-state index is -0.0541. The molecule has 20 heavy (non-hydrogen) atoms. The molecule has 1 saturated heterocycles. The van der Waals surface area contributed by atoms with E-state index in [2.05, 4.69) is 15.2 Å². The Balaban J connectivity index is 1.45. The van der Waals surface area contributed by atoms with Crippen LogP contribution in [0.25, 0.3) is 0 Å². The van der Waals surface area contributed by atoms with Crippen LogP contribution in [0.15, 0.2) is 5.38 Å². The van der Waals surface area contributed by atoms with Crippen LogP contribution in [0.2, 0.25) is 0 Å². The molecule has 0 spiro atoms. The van der Waals surface area contributed by atoms with Crippen molar-refractivity contribution in [2.75, 3.05) is 19.6 Å². The number of hydrogen-bond acceptors (Lipinski definition) is 5. The van der Waals surface area contributed by atoms with E-state index in [0.29, 0.717) is 18.3 Å². The average Bonchev–Trinajstić information content (AvgIpc) is 3.14. The van der Waals surface area contributed by atoms with Gasteiger partial charge in [0, 0.05) is 37.6 Å². The molecule has 2 heterocycles. The lowest BCUT2D eigenvalue weighted by molar-refractivity contribution is 0.0905. The van der Waals surface area contributed by atoms with Crippen molar-refractivity contribution < 1.29 is 4.79 Å². The van der Waals surface area contributed by atoms with Gasteiger partial charge in [-0.25, -0.2) is 4.98 Å². The molecular formula is C14H22N4OS. The number of amides is 1. The molecule has 110 valence electrons. The van der Waals surface area contributed by atoms with E-state index >= 15 is 0 Å². The highest BCUT2D eigenvalue weighted by Crippen LogP contribution is 2.30. The largest absolute Gasteiger partial charge is 0.348 e. The summed E-state index contributed by atoms with van der Waals surface area (Å²) in [5.74, 6) is 0.896. The Morgan fingerprint density at radius 2 is 2.15 bits per heavy atom. The second kappa shape index (κ2) is 6.20. The maximum atomic E-state index is 12.1. The Bertz CT molecular complexity index is 463. The van der Waals surface area contributed by atoms with E-state index in [1.165, 1.54) is 30.7 Å². The molecule has 5 nitrogen and oxygen atoms in total. The minimum Gasteiger partial charge on any atom is -0.348 e. The molecule has 2 aliphatic rings. The van der Waals surface area contributed by atoms with Crippen LogP contribution in [0.1, 0.15) is 41.2 Å². The van der Waals surface area contributed by atoms with Gasteiger partial charge in [-0.3, -0.25) is 4.79 Å². The molecule has 0 bridgehead atoms. The molecule has 0 atom stereocenters. The fourth-order valence-electron chi connectivity index (χ4n) is 2.69. The highest BCUT2D eigenvalue weighted by atomic mass is 32.1. The molecule has 1 aromatic rings. The monoisotopic (exact) mass is 294 g/mol. The van der Waals surface area contributed by atoms with Crippen molar-refractivity contribution in [1.29, 1.82) is 0 Å². The van der Waals surface area contributed by atoms with Gasteiger partial charge < -0.3 is 16.0 Å². The lowest BCUT2D eigenvalue weighted by Gasteiger charge is -2.32. The SMILES string of the molecule is NCc1nc(C(=O)NC2CCN(CC3CC3)CC2)cs1. The van der Waals surface area contributed by atoms with Crippen LogP contribution in [0.3, 0.4) is 0 Å². The fourth-order valence-corrected chi connectivity index (χ4v) is 3.35. The van der Waals surface area contributed by atoms with Crippen LogP contribution in [0.5, 0.6) is 0 Å². The lowest BCUT2D eigenvalue weighted by atomic mass is 10.0. The number of nitrogens with two attached hydrogens (primary N) is 1. The van der Waals surface area contributed by atoms with E-state index in [-0.39, 0.29) is 5.91 Å².